The molecule has 2 saturated carbocycles. The molecule has 34 heavy (non-hydrogen) atoms. The fraction of sp³-hybridized carbons (Fsp3) is 1.00. The monoisotopic (exact) mass is 475 g/mol. The average Bonchev–Trinajstić information content (AvgIpc) is 3.59. The molecule has 2 aliphatic carbocycles. The Balaban J connectivity index is 1.49. The van der Waals surface area contributed by atoms with Crippen LogP contribution < -0.4 is 0 Å². The Labute approximate surface area is 217 Å². The smallest absolute Gasteiger partial charge is 0.0383 e. The van der Waals surface area contributed by atoms with Gasteiger partial charge < -0.3 is 0 Å². The van der Waals surface area contributed by atoms with Crippen LogP contribution in [0, 0.1) is 17.8 Å². The molecular weight excluding hydrogens is 408 g/mol. The standard InChI is InChI=1S/C34H66/c1-32-27-23-19-16-14-12-10-8-6-4-2-3-5-7-9-11-13-15-17-21-25-29-33-31-34(33)30-26-22-18-20-24-28-32/h32-34H,2-31H2,1H3. The highest BCUT2D eigenvalue weighted by Gasteiger charge is 2.34. The third-order valence-electron chi connectivity index (χ3n) is 9.36. The minimum atomic E-state index is 0.973. The summed E-state index contributed by atoms with van der Waals surface area (Å²) < 4.78 is 0. The minimum Gasteiger partial charge on any atom is -0.0625 e. The zero-order valence-corrected chi connectivity index (χ0v) is 23.9. The van der Waals surface area contributed by atoms with E-state index in [0.29, 0.717) is 0 Å². The van der Waals surface area contributed by atoms with Crippen LogP contribution in [0.5, 0.6) is 0 Å². The summed E-state index contributed by atoms with van der Waals surface area (Å²) in [5.41, 5.74) is 0. The van der Waals surface area contributed by atoms with Crippen LogP contribution in [0.3, 0.4) is 0 Å². The summed E-state index contributed by atoms with van der Waals surface area (Å²) in [6.45, 7) is 2.51. The van der Waals surface area contributed by atoms with Crippen molar-refractivity contribution in [2.45, 2.75) is 200 Å². The number of rotatable bonds is 0. The van der Waals surface area contributed by atoms with Crippen LogP contribution in [0.25, 0.3) is 0 Å². The SMILES string of the molecule is CC1CCCCCCCCCCCCCCCCCCCCCCC2CC2CCCCCCC1. The molecule has 3 unspecified atom stereocenters. The molecule has 0 spiro atoms. The van der Waals surface area contributed by atoms with Gasteiger partial charge in [0.1, 0.15) is 0 Å². The second-order valence-corrected chi connectivity index (χ2v) is 12.9. The Morgan fingerprint density at radius 3 is 0.735 bits per heavy atom. The summed E-state index contributed by atoms with van der Waals surface area (Å²) >= 11 is 0. The third kappa shape index (κ3) is 18.3. The Kier molecular flexibility index (Phi) is 19.8. The second kappa shape index (κ2) is 22.2. The summed E-state index contributed by atoms with van der Waals surface area (Å²) in [5.74, 6) is 3.24. The lowest BCUT2D eigenvalue weighted by Crippen LogP contribution is -1.95. The largest absolute Gasteiger partial charge is 0.0625 e. The molecule has 0 aliphatic heterocycles. The van der Waals surface area contributed by atoms with E-state index in [9.17, 15) is 0 Å². The molecule has 0 amide bonds. The van der Waals surface area contributed by atoms with Crippen molar-refractivity contribution in [1.82, 2.24) is 0 Å². The highest BCUT2D eigenvalue weighted by molar-refractivity contribution is 4.85. The summed E-state index contributed by atoms with van der Waals surface area (Å²) in [4.78, 5) is 0. The first-order chi connectivity index (χ1) is 16.9. The van der Waals surface area contributed by atoms with Gasteiger partial charge >= 0.3 is 0 Å². The van der Waals surface area contributed by atoms with Gasteiger partial charge in [0.25, 0.3) is 0 Å². The predicted molar refractivity (Wildman–Crippen MR) is 155 cm³/mol. The van der Waals surface area contributed by atoms with E-state index in [1.165, 1.54) is 173 Å². The molecule has 0 aromatic heterocycles. The quantitative estimate of drug-likeness (QED) is 0.327. The molecule has 0 heterocycles. The zero-order valence-electron chi connectivity index (χ0n) is 23.9. The molecule has 0 bridgehead atoms. The van der Waals surface area contributed by atoms with Gasteiger partial charge in [0.05, 0.1) is 0 Å². The molecule has 0 saturated heterocycles. The molecule has 0 aromatic rings. The number of hydrogen-bond acceptors (Lipinski definition) is 0. The normalized spacial score (nSPS) is 30.8. The van der Waals surface area contributed by atoms with Crippen LogP contribution in [0.15, 0.2) is 0 Å². The third-order valence-corrected chi connectivity index (χ3v) is 9.36. The fourth-order valence-corrected chi connectivity index (χ4v) is 6.67. The van der Waals surface area contributed by atoms with Crippen molar-refractivity contribution >= 4 is 0 Å². The lowest BCUT2D eigenvalue weighted by Gasteiger charge is -2.11. The van der Waals surface area contributed by atoms with Gasteiger partial charge in [0, 0.05) is 0 Å². The van der Waals surface area contributed by atoms with Gasteiger partial charge in [0.15, 0.2) is 0 Å². The number of fused-ring (bicyclic) bond motifs is 1. The van der Waals surface area contributed by atoms with Gasteiger partial charge in [-0.1, -0.05) is 193 Å². The highest BCUT2D eigenvalue weighted by atomic mass is 14.4. The van der Waals surface area contributed by atoms with Crippen LogP contribution in [0.4, 0.5) is 0 Å². The average molecular weight is 475 g/mol. The second-order valence-electron chi connectivity index (χ2n) is 12.9. The van der Waals surface area contributed by atoms with E-state index in [2.05, 4.69) is 6.92 Å². The van der Waals surface area contributed by atoms with Crippen LogP contribution in [-0.4, -0.2) is 0 Å². The fourth-order valence-electron chi connectivity index (χ4n) is 6.67. The van der Waals surface area contributed by atoms with Crippen molar-refractivity contribution in [3.63, 3.8) is 0 Å². The molecular formula is C34H66. The van der Waals surface area contributed by atoms with E-state index >= 15 is 0 Å². The summed E-state index contributed by atoms with van der Waals surface area (Å²) in [6, 6.07) is 0. The Hall–Kier alpha value is 0. The maximum Gasteiger partial charge on any atom is -0.0383 e. The Morgan fingerprint density at radius 1 is 0.265 bits per heavy atom. The molecule has 2 fully saturated rings. The lowest BCUT2D eigenvalue weighted by atomic mass is 9.95. The van der Waals surface area contributed by atoms with Crippen molar-refractivity contribution in [2.75, 3.05) is 0 Å². The molecule has 2 rings (SSSR count). The topological polar surface area (TPSA) is 0 Å². The van der Waals surface area contributed by atoms with E-state index in [0.717, 1.165) is 17.8 Å². The van der Waals surface area contributed by atoms with Gasteiger partial charge in [-0.3, -0.25) is 0 Å². The van der Waals surface area contributed by atoms with E-state index in [1.807, 2.05) is 0 Å². The van der Waals surface area contributed by atoms with E-state index < -0.39 is 0 Å². The summed E-state index contributed by atoms with van der Waals surface area (Å²) in [6.07, 6.45) is 45.2. The van der Waals surface area contributed by atoms with E-state index in [-0.39, 0.29) is 0 Å². The Morgan fingerprint density at radius 2 is 0.471 bits per heavy atom. The van der Waals surface area contributed by atoms with Crippen LogP contribution in [-0.2, 0) is 0 Å². The van der Waals surface area contributed by atoms with Gasteiger partial charge in [0.2, 0.25) is 0 Å². The van der Waals surface area contributed by atoms with Crippen molar-refractivity contribution < 1.29 is 0 Å². The van der Waals surface area contributed by atoms with E-state index in [4.69, 9.17) is 0 Å². The molecule has 0 N–H and O–H groups in total. The summed E-state index contributed by atoms with van der Waals surface area (Å²) in [5, 5.41) is 0. The maximum absolute atomic E-state index is 2.51. The first-order valence-electron chi connectivity index (χ1n) is 16.9. The van der Waals surface area contributed by atoms with Crippen molar-refractivity contribution in [1.29, 1.82) is 0 Å². The van der Waals surface area contributed by atoms with Crippen molar-refractivity contribution in [2.24, 2.45) is 17.8 Å². The van der Waals surface area contributed by atoms with Crippen LogP contribution in [0.2, 0.25) is 0 Å². The first kappa shape index (κ1) is 30.2. The molecule has 0 heteroatoms. The van der Waals surface area contributed by atoms with Gasteiger partial charge in [-0.25, -0.2) is 0 Å². The molecule has 3 atom stereocenters. The Bertz CT molecular complexity index is 400. The lowest BCUT2D eigenvalue weighted by molar-refractivity contribution is 0.429. The molecule has 0 aromatic carbocycles. The van der Waals surface area contributed by atoms with Crippen LogP contribution in [0.1, 0.15) is 200 Å². The van der Waals surface area contributed by atoms with Crippen molar-refractivity contribution in [3.05, 3.63) is 0 Å². The molecule has 2 aliphatic rings. The predicted octanol–water partition coefficient (Wildman–Crippen LogP) is 12.6. The molecule has 0 radical (unpaired) electrons. The highest BCUT2D eigenvalue weighted by Crippen LogP contribution is 2.45. The van der Waals surface area contributed by atoms with Crippen molar-refractivity contribution in [3.8, 4) is 0 Å². The minimum absolute atomic E-state index is 0.973. The van der Waals surface area contributed by atoms with Crippen LogP contribution >= 0.6 is 0 Å². The zero-order chi connectivity index (χ0) is 23.9. The first-order valence-corrected chi connectivity index (χ1v) is 16.9. The molecule has 202 valence electrons. The summed E-state index contributed by atoms with van der Waals surface area (Å²) in [7, 11) is 0. The van der Waals surface area contributed by atoms with E-state index in [1.54, 1.807) is 19.3 Å². The molecule has 0 nitrogen and oxygen atoms in total. The number of hydrogen-bond donors (Lipinski definition) is 0. The van der Waals surface area contributed by atoms with Gasteiger partial charge in [-0.05, 0) is 24.2 Å². The van der Waals surface area contributed by atoms with Gasteiger partial charge in [-0.15, -0.1) is 0 Å². The van der Waals surface area contributed by atoms with Gasteiger partial charge in [-0.2, -0.15) is 0 Å². The maximum atomic E-state index is 2.51.